The van der Waals surface area contributed by atoms with Crippen molar-refractivity contribution in [1.82, 2.24) is 5.32 Å². The molecule has 1 aromatic carbocycles. The molecule has 8 heteroatoms. The number of amides is 4. The van der Waals surface area contributed by atoms with Crippen LogP contribution in [0.2, 0.25) is 0 Å². The van der Waals surface area contributed by atoms with Crippen molar-refractivity contribution in [2.45, 2.75) is 13.5 Å². The van der Waals surface area contributed by atoms with Gasteiger partial charge in [0.1, 0.15) is 5.75 Å². The molecular weight excluding hydrogens is 354 g/mol. The molecule has 0 bridgehead atoms. The minimum atomic E-state index is -1.14. The summed E-state index contributed by atoms with van der Waals surface area (Å²) < 4.78 is 5.35. The third-order valence-electron chi connectivity index (χ3n) is 3.69. The van der Waals surface area contributed by atoms with Gasteiger partial charge in [0.15, 0.2) is 5.92 Å². The second kappa shape index (κ2) is 7.92. The SMILES string of the molecule is CCOc1ccc(N2C(=O)NC(=O)[C@H](C=NCc3cccs3)C2=O)cc1. The molecule has 0 saturated carbocycles. The van der Waals surface area contributed by atoms with Crippen molar-refractivity contribution in [2.75, 3.05) is 11.5 Å². The van der Waals surface area contributed by atoms with E-state index in [2.05, 4.69) is 10.3 Å². The lowest BCUT2D eigenvalue weighted by Crippen LogP contribution is -2.58. The number of rotatable bonds is 6. The van der Waals surface area contributed by atoms with E-state index in [0.717, 1.165) is 9.78 Å². The highest BCUT2D eigenvalue weighted by molar-refractivity contribution is 7.09. The van der Waals surface area contributed by atoms with Gasteiger partial charge in [-0.1, -0.05) is 6.07 Å². The van der Waals surface area contributed by atoms with E-state index in [1.165, 1.54) is 17.6 Å². The van der Waals surface area contributed by atoms with Gasteiger partial charge < -0.3 is 4.74 Å². The first-order valence-electron chi connectivity index (χ1n) is 8.04. The van der Waals surface area contributed by atoms with Crippen LogP contribution in [0.1, 0.15) is 11.8 Å². The highest BCUT2D eigenvalue weighted by Crippen LogP contribution is 2.23. The Balaban J connectivity index is 1.77. The number of imide groups is 2. The Morgan fingerprint density at radius 2 is 2.00 bits per heavy atom. The number of urea groups is 1. The Kier molecular flexibility index (Phi) is 5.43. The second-order valence-electron chi connectivity index (χ2n) is 5.44. The van der Waals surface area contributed by atoms with E-state index in [4.69, 9.17) is 4.74 Å². The van der Waals surface area contributed by atoms with Gasteiger partial charge in [0.25, 0.3) is 5.91 Å². The van der Waals surface area contributed by atoms with Crippen LogP contribution < -0.4 is 15.0 Å². The first-order valence-corrected chi connectivity index (χ1v) is 8.92. The summed E-state index contributed by atoms with van der Waals surface area (Å²) in [5.41, 5.74) is 0.361. The highest BCUT2D eigenvalue weighted by Gasteiger charge is 2.40. The lowest BCUT2D eigenvalue weighted by Gasteiger charge is -2.28. The highest BCUT2D eigenvalue weighted by atomic mass is 32.1. The van der Waals surface area contributed by atoms with Gasteiger partial charge in [0.2, 0.25) is 5.91 Å². The number of hydrogen-bond acceptors (Lipinski definition) is 6. The van der Waals surface area contributed by atoms with Crippen LogP contribution >= 0.6 is 11.3 Å². The van der Waals surface area contributed by atoms with Crippen LogP contribution in [0.4, 0.5) is 10.5 Å². The van der Waals surface area contributed by atoms with Crippen LogP contribution in [-0.4, -0.2) is 30.7 Å². The summed E-state index contributed by atoms with van der Waals surface area (Å²) in [6.45, 7) is 2.76. The number of ether oxygens (including phenoxy) is 1. The third-order valence-corrected chi connectivity index (χ3v) is 4.55. The molecule has 2 heterocycles. The molecule has 1 fully saturated rings. The number of thiophene rings is 1. The Morgan fingerprint density at radius 3 is 2.65 bits per heavy atom. The van der Waals surface area contributed by atoms with E-state index in [-0.39, 0.29) is 0 Å². The predicted octanol–water partition coefficient (Wildman–Crippen LogP) is 2.62. The Bertz CT molecular complexity index is 831. The van der Waals surface area contributed by atoms with Crippen molar-refractivity contribution < 1.29 is 19.1 Å². The van der Waals surface area contributed by atoms with Crippen LogP contribution in [0.25, 0.3) is 0 Å². The van der Waals surface area contributed by atoms with Crippen LogP contribution in [0.15, 0.2) is 46.8 Å². The van der Waals surface area contributed by atoms with Gasteiger partial charge in [-0.2, -0.15) is 0 Å². The smallest absolute Gasteiger partial charge is 0.335 e. The molecule has 2 aromatic rings. The maximum atomic E-state index is 12.7. The Morgan fingerprint density at radius 1 is 1.23 bits per heavy atom. The van der Waals surface area contributed by atoms with E-state index >= 15 is 0 Å². The van der Waals surface area contributed by atoms with Gasteiger partial charge in [0.05, 0.1) is 18.8 Å². The number of carbonyl (C=O) groups excluding carboxylic acids is 3. The summed E-state index contributed by atoms with van der Waals surface area (Å²) in [6.07, 6.45) is 1.30. The van der Waals surface area contributed by atoms with Gasteiger partial charge >= 0.3 is 6.03 Å². The first-order chi connectivity index (χ1) is 12.6. The summed E-state index contributed by atoms with van der Waals surface area (Å²) in [7, 11) is 0. The molecule has 1 N–H and O–H groups in total. The molecule has 1 atom stereocenters. The Labute approximate surface area is 154 Å². The molecule has 4 amide bonds. The first kappa shape index (κ1) is 17.8. The monoisotopic (exact) mass is 371 g/mol. The zero-order chi connectivity index (χ0) is 18.5. The van der Waals surface area contributed by atoms with Gasteiger partial charge in [-0.3, -0.25) is 19.9 Å². The van der Waals surface area contributed by atoms with Crippen molar-refractivity contribution in [1.29, 1.82) is 0 Å². The van der Waals surface area contributed by atoms with Crippen molar-refractivity contribution >= 4 is 41.1 Å². The topological polar surface area (TPSA) is 88.1 Å². The lowest BCUT2D eigenvalue weighted by molar-refractivity contribution is -0.131. The number of aliphatic imine (C=N–C) groups is 1. The lowest BCUT2D eigenvalue weighted by atomic mass is 10.1. The number of barbiturate groups is 1. The quantitative estimate of drug-likeness (QED) is 0.624. The van der Waals surface area contributed by atoms with Gasteiger partial charge in [0, 0.05) is 11.1 Å². The fourth-order valence-corrected chi connectivity index (χ4v) is 3.11. The molecule has 26 heavy (non-hydrogen) atoms. The van der Waals surface area contributed by atoms with Crippen LogP contribution in [-0.2, 0) is 16.1 Å². The average Bonchev–Trinajstić information content (AvgIpc) is 3.13. The molecule has 0 spiro atoms. The molecule has 7 nitrogen and oxygen atoms in total. The predicted molar refractivity (Wildman–Crippen MR) is 98.6 cm³/mol. The molecule has 0 unspecified atom stereocenters. The molecular formula is C18H17N3O4S. The number of benzene rings is 1. The van der Waals surface area contributed by atoms with Crippen LogP contribution in [0, 0.1) is 5.92 Å². The standard InChI is InChI=1S/C18H17N3O4S/c1-2-25-13-7-5-12(6-8-13)21-17(23)15(16(22)20-18(21)24)11-19-10-14-4-3-9-26-14/h3-9,11,15H,2,10H2,1H3,(H,20,22,24)/t15-/m0/s1. The minimum Gasteiger partial charge on any atom is -0.494 e. The normalized spacial score (nSPS) is 17.7. The fourth-order valence-electron chi connectivity index (χ4n) is 2.48. The maximum absolute atomic E-state index is 12.7. The van der Waals surface area contributed by atoms with Gasteiger partial charge in [-0.15, -0.1) is 11.3 Å². The third kappa shape index (κ3) is 3.80. The molecule has 134 valence electrons. The van der Waals surface area contributed by atoms with E-state index in [9.17, 15) is 14.4 Å². The summed E-state index contributed by atoms with van der Waals surface area (Å²) in [4.78, 5) is 43.0. The number of hydrogen-bond donors (Lipinski definition) is 1. The van der Waals surface area contributed by atoms with E-state index in [1.807, 2.05) is 24.4 Å². The van der Waals surface area contributed by atoms with Crippen LogP contribution in [0.5, 0.6) is 5.75 Å². The largest absolute Gasteiger partial charge is 0.494 e. The Hall–Kier alpha value is -3.00. The number of carbonyl (C=O) groups is 3. The van der Waals surface area contributed by atoms with Crippen molar-refractivity contribution in [2.24, 2.45) is 10.9 Å². The van der Waals surface area contributed by atoms with Crippen molar-refractivity contribution in [3.63, 3.8) is 0 Å². The summed E-state index contributed by atoms with van der Waals surface area (Å²) >= 11 is 1.54. The van der Waals surface area contributed by atoms with E-state index < -0.39 is 23.8 Å². The minimum absolute atomic E-state index is 0.361. The van der Waals surface area contributed by atoms with Crippen LogP contribution in [0.3, 0.4) is 0 Å². The van der Waals surface area contributed by atoms with Crippen molar-refractivity contribution in [3.05, 3.63) is 46.7 Å². The number of nitrogens with zero attached hydrogens (tertiary/aromatic N) is 2. The molecule has 3 rings (SSSR count). The number of nitrogens with one attached hydrogen (secondary N) is 1. The van der Waals surface area contributed by atoms with Crippen molar-refractivity contribution in [3.8, 4) is 5.75 Å². The average molecular weight is 371 g/mol. The van der Waals surface area contributed by atoms with Gasteiger partial charge in [-0.25, -0.2) is 9.69 Å². The zero-order valence-corrected chi connectivity index (χ0v) is 14.9. The maximum Gasteiger partial charge on any atom is 0.335 e. The molecule has 0 radical (unpaired) electrons. The fraction of sp³-hybridized carbons (Fsp3) is 0.222. The molecule has 1 saturated heterocycles. The van der Waals surface area contributed by atoms with E-state index in [1.54, 1.807) is 24.3 Å². The molecule has 1 aliphatic heterocycles. The van der Waals surface area contributed by atoms with Gasteiger partial charge in [-0.05, 0) is 42.6 Å². The molecule has 1 aliphatic rings. The molecule has 0 aliphatic carbocycles. The zero-order valence-electron chi connectivity index (χ0n) is 14.0. The summed E-state index contributed by atoms with van der Waals surface area (Å²) in [5, 5.41) is 4.13. The number of anilines is 1. The second-order valence-corrected chi connectivity index (χ2v) is 6.47. The molecule has 1 aromatic heterocycles. The summed E-state index contributed by atoms with van der Waals surface area (Å²) in [6, 6.07) is 9.56. The van der Waals surface area contributed by atoms with E-state index in [0.29, 0.717) is 24.6 Å². The summed E-state index contributed by atoms with van der Waals surface area (Å²) in [5.74, 6) is -1.81.